The predicted octanol–water partition coefficient (Wildman–Crippen LogP) is 4.60. The first-order chi connectivity index (χ1) is 13.3. The zero-order chi connectivity index (χ0) is 18.5. The summed E-state index contributed by atoms with van der Waals surface area (Å²) in [6.07, 6.45) is 6.33. The van der Waals surface area contributed by atoms with E-state index in [4.69, 9.17) is 9.97 Å². The molecule has 4 heteroatoms. The SMILES string of the molecule is CN1C=C(c2nc(CNc3ccccc3)cc(-c3ccccc3)n2)C=CC1. The van der Waals surface area contributed by atoms with E-state index in [1.807, 2.05) is 36.4 Å². The number of allylic oxidation sites excluding steroid dienone is 2. The lowest BCUT2D eigenvalue weighted by Gasteiger charge is -2.18. The van der Waals surface area contributed by atoms with Crippen LogP contribution >= 0.6 is 0 Å². The third-order valence-electron chi connectivity index (χ3n) is 4.40. The van der Waals surface area contributed by atoms with E-state index in [2.05, 4.69) is 65.9 Å². The van der Waals surface area contributed by atoms with E-state index >= 15 is 0 Å². The average Bonchev–Trinajstić information content (AvgIpc) is 2.73. The van der Waals surface area contributed by atoms with E-state index in [0.717, 1.165) is 40.6 Å². The molecule has 3 aromatic rings. The van der Waals surface area contributed by atoms with E-state index in [9.17, 15) is 0 Å². The van der Waals surface area contributed by atoms with Crippen molar-refractivity contribution in [2.45, 2.75) is 6.54 Å². The zero-order valence-corrected chi connectivity index (χ0v) is 15.3. The third-order valence-corrected chi connectivity index (χ3v) is 4.40. The Hall–Kier alpha value is -3.40. The first-order valence-corrected chi connectivity index (χ1v) is 9.09. The normalized spacial score (nSPS) is 13.4. The lowest BCUT2D eigenvalue weighted by Crippen LogP contribution is -2.15. The molecule has 0 bridgehead atoms. The van der Waals surface area contributed by atoms with E-state index in [1.54, 1.807) is 0 Å². The smallest absolute Gasteiger partial charge is 0.161 e. The average molecular weight is 354 g/mol. The van der Waals surface area contributed by atoms with Crippen LogP contribution < -0.4 is 5.32 Å². The maximum Gasteiger partial charge on any atom is 0.161 e. The van der Waals surface area contributed by atoms with Gasteiger partial charge in [0.1, 0.15) is 0 Å². The van der Waals surface area contributed by atoms with Gasteiger partial charge in [-0.25, -0.2) is 9.97 Å². The molecule has 2 heterocycles. The van der Waals surface area contributed by atoms with Gasteiger partial charge in [0.15, 0.2) is 5.82 Å². The van der Waals surface area contributed by atoms with E-state index in [-0.39, 0.29) is 0 Å². The van der Waals surface area contributed by atoms with Crippen molar-refractivity contribution in [3.8, 4) is 11.3 Å². The van der Waals surface area contributed by atoms with Crippen LogP contribution in [0.1, 0.15) is 11.5 Å². The maximum absolute atomic E-state index is 4.83. The molecule has 4 rings (SSSR count). The van der Waals surface area contributed by atoms with Gasteiger partial charge < -0.3 is 10.2 Å². The zero-order valence-electron chi connectivity index (χ0n) is 15.3. The van der Waals surface area contributed by atoms with E-state index in [0.29, 0.717) is 6.54 Å². The molecule has 0 unspecified atom stereocenters. The topological polar surface area (TPSA) is 41.1 Å². The van der Waals surface area contributed by atoms with Gasteiger partial charge in [-0.2, -0.15) is 0 Å². The number of nitrogens with one attached hydrogen (secondary N) is 1. The van der Waals surface area contributed by atoms with Crippen molar-refractivity contribution < 1.29 is 0 Å². The molecule has 27 heavy (non-hydrogen) atoms. The number of benzene rings is 2. The number of hydrogen-bond donors (Lipinski definition) is 1. The molecule has 0 saturated carbocycles. The Balaban J connectivity index is 1.69. The summed E-state index contributed by atoms with van der Waals surface area (Å²) in [7, 11) is 2.06. The molecule has 1 N–H and O–H groups in total. The Morgan fingerprint density at radius 3 is 2.44 bits per heavy atom. The molecular weight excluding hydrogens is 332 g/mol. The Morgan fingerprint density at radius 2 is 1.70 bits per heavy atom. The summed E-state index contributed by atoms with van der Waals surface area (Å²) in [5.74, 6) is 0.754. The van der Waals surface area contributed by atoms with Gasteiger partial charge in [0.2, 0.25) is 0 Å². The molecule has 2 aromatic carbocycles. The molecule has 1 aromatic heterocycles. The largest absolute Gasteiger partial charge is 0.379 e. The first kappa shape index (κ1) is 17.0. The highest BCUT2D eigenvalue weighted by molar-refractivity contribution is 5.72. The number of aromatic nitrogens is 2. The van der Waals surface area contributed by atoms with Crippen molar-refractivity contribution in [2.75, 3.05) is 18.9 Å². The summed E-state index contributed by atoms with van der Waals surface area (Å²) < 4.78 is 0. The number of para-hydroxylation sites is 1. The standard InChI is InChI=1S/C23H22N4/c1-27-14-8-11-19(17-27)23-25-21(16-24-20-12-6-3-7-13-20)15-22(26-23)18-9-4-2-5-10-18/h2-13,15,17,24H,14,16H2,1H3. The minimum atomic E-state index is 0.645. The fraction of sp³-hybridized carbons (Fsp3) is 0.130. The van der Waals surface area contributed by atoms with Gasteiger partial charge in [0.25, 0.3) is 0 Å². The second-order valence-electron chi connectivity index (χ2n) is 6.58. The Labute approximate surface area is 159 Å². The number of hydrogen-bond acceptors (Lipinski definition) is 4. The van der Waals surface area contributed by atoms with Crippen LogP contribution in [0.3, 0.4) is 0 Å². The minimum absolute atomic E-state index is 0.645. The Kier molecular flexibility index (Phi) is 4.97. The van der Waals surface area contributed by atoms with E-state index < -0.39 is 0 Å². The van der Waals surface area contributed by atoms with Gasteiger partial charge in [-0.05, 0) is 18.2 Å². The third kappa shape index (κ3) is 4.23. The van der Waals surface area contributed by atoms with Gasteiger partial charge in [-0.3, -0.25) is 0 Å². The highest BCUT2D eigenvalue weighted by Crippen LogP contribution is 2.23. The van der Waals surface area contributed by atoms with Crippen LogP contribution in [0.15, 0.2) is 85.1 Å². The summed E-state index contributed by atoms with van der Waals surface area (Å²) in [4.78, 5) is 11.8. The van der Waals surface area contributed by atoms with Crippen LogP contribution in [0, 0.1) is 0 Å². The molecule has 0 radical (unpaired) electrons. The van der Waals surface area contributed by atoms with Crippen LogP contribution in [-0.2, 0) is 6.54 Å². The predicted molar refractivity (Wildman–Crippen MR) is 111 cm³/mol. The molecule has 0 spiro atoms. The fourth-order valence-corrected chi connectivity index (χ4v) is 3.03. The summed E-state index contributed by atoms with van der Waals surface area (Å²) in [5.41, 5.74) is 5.10. The maximum atomic E-state index is 4.83. The van der Waals surface area contributed by atoms with Crippen LogP contribution in [0.5, 0.6) is 0 Å². The van der Waals surface area contributed by atoms with Crippen molar-refractivity contribution in [1.82, 2.24) is 14.9 Å². The van der Waals surface area contributed by atoms with Crippen molar-refractivity contribution in [3.63, 3.8) is 0 Å². The van der Waals surface area contributed by atoms with Gasteiger partial charge in [-0.1, -0.05) is 60.7 Å². The minimum Gasteiger partial charge on any atom is -0.379 e. The lowest BCUT2D eigenvalue weighted by molar-refractivity contribution is 0.507. The van der Waals surface area contributed by atoms with Gasteiger partial charge in [0.05, 0.1) is 17.9 Å². The van der Waals surface area contributed by atoms with Crippen molar-refractivity contribution >= 4 is 11.3 Å². The molecule has 1 aliphatic heterocycles. The molecule has 0 aliphatic carbocycles. The Morgan fingerprint density at radius 1 is 0.963 bits per heavy atom. The number of anilines is 1. The quantitative estimate of drug-likeness (QED) is 0.727. The first-order valence-electron chi connectivity index (χ1n) is 9.09. The highest BCUT2D eigenvalue weighted by Gasteiger charge is 2.12. The summed E-state index contributed by atoms with van der Waals surface area (Å²) >= 11 is 0. The van der Waals surface area contributed by atoms with Crippen molar-refractivity contribution in [2.24, 2.45) is 0 Å². The molecule has 0 amide bonds. The number of rotatable bonds is 5. The number of nitrogens with zero attached hydrogens (tertiary/aromatic N) is 3. The summed E-state index contributed by atoms with van der Waals surface area (Å²) in [6.45, 7) is 1.55. The molecule has 0 atom stereocenters. The molecule has 134 valence electrons. The van der Waals surface area contributed by atoms with Crippen molar-refractivity contribution in [3.05, 3.63) is 96.6 Å². The molecule has 4 nitrogen and oxygen atoms in total. The van der Waals surface area contributed by atoms with Crippen molar-refractivity contribution in [1.29, 1.82) is 0 Å². The monoisotopic (exact) mass is 354 g/mol. The van der Waals surface area contributed by atoms with Gasteiger partial charge in [-0.15, -0.1) is 0 Å². The molecule has 0 saturated heterocycles. The Bertz CT molecular complexity index is 962. The summed E-state index contributed by atoms with van der Waals surface area (Å²) in [5, 5.41) is 3.44. The molecule has 1 aliphatic rings. The molecular formula is C23H22N4. The fourth-order valence-electron chi connectivity index (χ4n) is 3.03. The van der Waals surface area contributed by atoms with Crippen LogP contribution in [0.2, 0.25) is 0 Å². The van der Waals surface area contributed by atoms with Gasteiger partial charge in [0, 0.05) is 36.6 Å². The molecule has 0 fully saturated rings. The highest BCUT2D eigenvalue weighted by atomic mass is 15.1. The summed E-state index contributed by atoms with van der Waals surface area (Å²) in [6, 6.07) is 22.5. The van der Waals surface area contributed by atoms with Crippen LogP contribution in [0.25, 0.3) is 16.8 Å². The number of likely N-dealkylation sites (N-methyl/N-ethyl adjacent to an activating group) is 1. The second-order valence-corrected chi connectivity index (χ2v) is 6.58. The lowest BCUT2D eigenvalue weighted by atomic mass is 10.1. The van der Waals surface area contributed by atoms with E-state index in [1.165, 1.54) is 0 Å². The van der Waals surface area contributed by atoms with Crippen LogP contribution in [0.4, 0.5) is 5.69 Å². The van der Waals surface area contributed by atoms with Crippen LogP contribution in [-0.4, -0.2) is 28.5 Å². The van der Waals surface area contributed by atoms with Gasteiger partial charge >= 0.3 is 0 Å². The second kappa shape index (κ2) is 7.87.